The molecule has 2 N–H and O–H groups in total. The summed E-state index contributed by atoms with van der Waals surface area (Å²) in [5.41, 5.74) is 0.894. The van der Waals surface area contributed by atoms with E-state index >= 15 is 0 Å². The van der Waals surface area contributed by atoms with Crippen LogP contribution in [0.25, 0.3) is 0 Å². The number of hydrogen-bond acceptors (Lipinski definition) is 4. The van der Waals surface area contributed by atoms with Crippen LogP contribution in [0.5, 0.6) is 0 Å². The maximum atomic E-state index is 5.39. The smallest absolute Gasteiger partial charge is 0.164 e. The van der Waals surface area contributed by atoms with Crippen molar-refractivity contribution in [2.24, 2.45) is 5.84 Å². The van der Waals surface area contributed by atoms with Gasteiger partial charge in [0.25, 0.3) is 0 Å². The molecule has 0 saturated carbocycles. The Morgan fingerprint density at radius 2 is 2.10 bits per heavy atom. The Labute approximate surface area is 59.6 Å². The fraction of sp³-hybridized carbons (Fsp3) is 0.333. The van der Waals surface area contributed by atoms with Gasteiger partial charge in [0.1, 0.15) is 0 Å². The maximum absolute atomic E-state index is 5.39. The number of aromatic nitrogens is 2. The number of anilines is 1. The molecule has 0 saturated heterocycles. The van der Waals surface area contributed by atoms with E-state index in [0.717, 1.165) is 5.69 Å². The lowest BCUT2D eigenvalue weighted by Crippen LogP contribution is -2.26. The van der Waals surface area contributed by atoms with Crippen LogP contribution >= 0.6 is 0 Å². The van der Waals surface area contributed by atoms with Crippen molar-refractivity contribution in [2.45, 2.75) is 6.92 Å². The van der Waals surface area contributed by atoms with Crippen LogP contribution in [-0.4, -0.2) is 17.2 Å². The average Bonchev–Trinajstić information content (AvgIpc) is 1.88. The second kappa shape index (κ2) is 2.62. The summed E-state index contributed by atoms with van der Waals surface area (Å²) >= 11 is 0. The van der Waals surface area contributed by atoms with E-state index < -0.39 is 0 Å². The molecule has 0 aromatic carbocycles. The molecule has 10 heavy (non-hydrogen) atoms. The number of hydrogen-bond donors (Lipinski definition) is 1. The molecular formula is C6H10N4. The van der Waals surface area contributed by atoms with Gasteiger partial charge in [0.05, 0.1) is 5.69 Å². The van der Waals surface area contributed by atoms with Crippen molar-refractivity contribution >= 4 is 5.82 Å². The van der Waals surface area contributed by atoms with Crippen LogP contribution in [0, 0.1) is 6.92 Å². The van der Waals surface area contributed by atoms with E-state index in [1.54, 1.807) is 7.05 Å². The van der Waals surface area contributed by atoms with Crippen molar-refractivity contribution in [1.29, 1.82) is 0 Å². The number of rotatable bonds is 1. The van der Waals surface area contributed by atoms with E-state index in [4.69, 9.17) is 5.84 Å². The summed E-state index contributed by atoms with van der Waals surface area (Å²) in [6, 6.07) is 3.69. The summed E-state index contributed by atoms with van der Waals surface area (Å²) in [4.78, 5) is 0. The van der Waals surface area contributed by atoms with Crippen LogP contribution in [0.15, 0.2) is 12.1 Å². The van der Waals surface area contributed by atoms with Crippen LogP contribution in [0.2, 0.25) is 0 Å². The Morgan fingerprint density at radius 1 is 1.40 bits per heavy atom. The van der Waals surface area contributed by atoms with Gasteiger partial charge in [-0.2, -0.15) is 5.10 Å². The third kappa shape index (κ3) is 1.41. The van der Waals surface area contributed by atoms with Crippen LogP contribution in [0.3, 0.4) is 0 Å². The van der Waals surface area contributed by atoms with Crippen molar-refractivity contribution in [2.75, 3.05) is 12.1 Å². The number of nitrogens with two attached hydrogens (primary N) is 1. The van der Waals surface area contributed by atoms with Crippen LogP contribution in [-0.2, 0) is 0 Å². The monoisotopic (exact) mass is 138 g/mol. The minimum Gasteiger partial charge on any atom is -0.297 e. The van der Waals surface area contributed by atoms with E-state index in [2.05, 4.69) is 10.2 Å². The first-order valence-electron chi connectivity index (χ1n) is 2.99. The highest BCUT2D eigenvalue weighted by molar-refractivity contribution is 5.33. The molecule has 1 rings (SSSR count). The fourth-order valence-corrected chi connectivity index (χ4v) is 0.580. The van der Waals surface area contributed by atoms with Crippen molar-refractivity contribution in [1.82, 2.24) is 10.2 Å². The normalized spacial score (nSPS) is 9.50. The van der Waals surface area contributed by atoms with Crippen LogP contribution < -0.4 is 10.9 Å². The Bertz CT molecular complexity index is 203. The Kier molecular flexibility index (Phi) is 1.82. The van der Waals surface area contributed by atoms with Gasteiger partial charge in [-0.05, 0) is 19.1 Å². The Morgan fingerprint density at radius 3 is 2.50 bits per heavy atom. The molecule has 1 aromatic rings. The lowest BCUT2D eigenvalue weighted by molar-refractivity contribution is 0.899. The SMILES string of the molecule is Cc1ccc(N(C)N)nn1. The molecule has 0 radical (unpaired) electrons. The van der Waals surface area contributed by atoms with Gasteiger partial charge >= 0.3 is 0 Å². The molecule has 0 aliphatic carbocycles. The van der Waals surface area contributed by atoms with Gasteiger partial charge in [-0.15, -0.1) is 5.10 Å². The zero-order valence-electron chi connectivity index (χ0n) is 6.07. The highest BCUT2D eigenvalue weighted by Crippen LogP contribution is 2.01. The highest BCUT2D eigenvalue weighted by Gasteiger charge is 1.94. The van der Waals surface area contributed by atoms with E-state index in [1.165, 1.54) is 5.01 Å². The Hall–Kier alpha value is -1.16. The van der Waals surface area contributed by atoms with Crippen LogP contribution in [0.4, 0.5) is 5.82 Å². The van der Waals surface area contributed by atoms with Gasteiger partial charge in [-0.3, -0.25) is 5.01 Å². The van der Waals surface area contributed by atoms with Gasteiger partial charge in [-0.25, -0.2) is 5.84 Å². The predicted molar refractivity (Wildman–Crippen MR) is 39.4 cm³/mol. The highest BCUT2D eigenvalue weighted by atomic mass is 15.4. The molecule has 0 amide bonds. The van der Waals surface area contributed by atoms with Crippen molar-refractivity contribution < 1.29 is 0 Å². The summed E-state index contributed by atoms with van der Waals surface area (Å²) in [7, 11) is 1.72. The van der Waals surface area contributed by atoms with E-state index in [1.807, 2.05) is 19.1 Å². The summed E-state index contributed by atoms with van der Waals surface area (Å²) in [5, 5.41) is 9.08. The fourth-order valence-electron chi connectivity index (χ4n) is 0.580. The largest absolute Gasteiger partial charge is 0.297 e. The first-order valence-corrected chi connectivity index (χ1v) is 2.99. The molecule has 0 aliphatic heterocycles. The molecule has 0 spiro atoms. The molecule has 0 aliphatic rings. The second-order valence-electron chi connectivity index (χ2n) is 2.14. The van der Waals surface area contributed by atoms with Gasteiger partial charge in [0, 0.05) is 7.05 Å². The third-order valence-corrected chi connectivity index (χ3v) is 1.15. The first kappa shape index (κ1) is 6.95. The van der Waals surface area contributed by atoms with E-state index in [-0.39, 0.29) is 0 Å². The molecule has 0 fully saturated rings. The zero-order chi connectivity index (χ0) is 7.56. The molecule has 0 unspecified atom stereocenters. The lowest BCUT2D eigenvalue weighted by Gasteiger charge is -2.08. The molecule has 54 valence electrons. The molecule has 1 heterocycles. The van der Waals surface area contributed by atoms with Crippen LogP contribution in [0.1, 0.15) is 5.69 Å². The molecular weight excluding hydrogens is 128 g/mol. The molecule has 0 bridgehead atoms. The summed E-state index contributed by atoms with van der Waals surface area (Å²) in [5.74, 6) is 6.07. The van der Waals surface area contributed by atoms with Crippen molar-refractivity contribution in [3.8, 4) is 0 Å². The molecule has 0 atom stereocenters. The standard InChI is InChI=1S/C6H10N4/c1-5-3-4-6(9-8-5)10(2)7/h3-4H,7H2,1-2H3. The predicted octanol–water partition coefficient (Wildman–Crippen LogP) is 0.0949. The molecule has 4 nitrogen and oxygen atoms in total. The number of hydrazine groups is 1. The number of aryl methyl sites for hydroxylation is 1. The van der Waals surface area contributed by atoms with Gasteiger partial charge in [0.15, 0.2) is 5.82 Å². The van der Waals surface area contributed by atoms with Gasteiger partial charge < -0.3 is 0 Å². The minimum atomic E-state index is 0.672. The molecule has 4 heteroatoms. The minimum absolute atomic E-state index is 0.672. The summed E-state index contributed by atoms with van der Waals surface area (Å²) in [6.07, 6.45) is 0. The van der Waals surface area contributed by atoms with E-state index in [9.17, 15) is 0 Å². The summed E-state index contributed by atoms with van der Waals surface area (Å²) in [6.45, 7) is 1.88. The quantitative estimate of drug-likeness (QED) is 0.441. The molecule has 1 aromatic heterocycles. The lowest BCUT2D eigenvalue weighted by atomic mass is 10.4. The van der Waals surface area contributed by atoms with Crippen molar-refractivity contribution in [3.05, 3.63) is 17.8 Å². The third-order valence-electron chi connectivity index (χ3n) is 1.15. The average molecular weight is 138 g/mol. The Balaban J connectivity index is 2.89. The summed E-state index contributed by atoms with van der Waals surface area (Å²) < 4.78 is 0. The first-order chi connectivity index (χ1) is 4.70. The van der Waals surface area contributed by atoms with Gasteiger partial charge in [0.2, 0.25) is 0 Å². The second-order valence-corrected chi connectivity index (χ2v) is 2.14. The maximum Gasteiger partial charge on any atom is 0.164 e. The zero-order valence-corrected chi connectivity index (χ0v) is 6.07. The number of nitrogens with zero attached hydrogens (tertiary/aromatic N) is 3. The van der Waals surface area contributed by atoms with E-state index in [0.29, 0.717) is 5.82 Å². The van der Waals surface area contributed by atoms with Gasteiger partial charge in [-0.1, -0.05) is 0 Å². The topological polar surface area (TPSA) is 55.0 Å². The van der Waals surface area contributed by atoms with Crippen molar-refractivity contribution in [3.63, 3.8) is 0 Å².